The second kappa shape index (κ2) is 6.17. The highest BCUT2D eigenvalue weighted by molar-refractivity contribution is 5.99. The molecule has 1 atom stereocenters. The third-order valence-electron chi connectivity index (χ3n) is 5.93. The lowest BCUT2D eigenvalue weighted by molar-refractivity contribution is 0.184. The largest absolute Gasteiger partial charge is 0.507 e. The van der Waals surface area contributed by atoms with Crippen molar-refractivity contribution in [2.45, 2.75) is 52.6 Å². The molecule has 0 saturated heterocycles. The third kappa shape index (κ3) is 2.58. The minimum absolute atomic E-state index is 0.0595. The number of allylic oxidation sites excluding steroid dienone is 2. The van der Waals surface area contributed by atoms with Crippen molar-refractivity contribution in [1.82, 2.24) is 0 Å². The number of hydrogen-bond acceptors (Lipinski definition) is 6. The van der Waals surface area contributed by atoms with E-state index >= 15 is 0 Å². The fraction of sp³-hybridized carbons (Fsp3) is 0.348. The number of aromatic hydroxyl groups is 3. The molecule has 3 N–H and O–H groups in total. The number of ether oxygens (including phenoxy) is 1. The summed E-state index contributed by atoms with van der Waals surface area (Å²) in [5.41, 5.74) is 1.39. The Kier molecular flexibility index (Phi) is 4.08. The molecule has 0 aliphatic carbocycles. The van der Waals surface area contributed by atoms with E-state index in [-0.39, 0.29) is 39.5 Å². The van der Waals surface area contributed by atoms with E-state index in [1.807, 2.05) is 40.7 Å². The molecule has 0 amide bonds. The summed E-state index contributed by atoms with van der Waals surface area (Å²) in [6, 6.07) is 2.60. The first kappa shape index (κ1) is 19.2. The molecule has 0 unspecified atom stereocenters. The minimum atomic E-state index is -0.506. The molecule has 0 spiro atoms. The molecule has 0 bridgehead atoms. The topological polar surface area (TPSA) is 100 Å². The zero-order valence-corrected chi connectivity index (χ0v) is 17.1. The van der Waals surface area contributed by atoms with Gasteiger partial charge < -0.3 is 24.5 Å². The van der Waals surface area contributed by atoms with Gasteiger partial charge in [-0.25, -0.2) is 0 Å². The van der Waals surface area contributed by atoms with E-state index in [9.17, 15) is 20.1 Å². The highest BCUT2D eigenvalue weighted by Gasteiger charge is 2.44. The normalized spacial score (nSPS) is 17.3. The van der Waals surface area contributed by atoms with Gasteiger partial charge in [0.1, 0.15) is 28.6 Å². The van der Waals surface area contributed by atoms with Crippen LogP contribution in [0.4, 0.5) is 0 Å². The lowest BCUT2D eigenvalue weighted by Crippen LogP contribution is -2.29. The van der Waals surface area contributed by atoms with Gasteiger partial charge in [-0.2, -0.15) is 0 Å². The van der Waals surface area contributed by atoms with Crippen molar-refractivity contribution in [2.24, 2.45) is 0 Å². The number of fused-ring (bicyclic) bond motifs is 4. The summed E-state index contributed by atoms with van der Waals surface area (Å²) in [4.78, 5) is 13.3. The molecule has 6 nitrogen and oxygen atoms in total. The van der Waals surface area contributed by atoms with E-state index in [2.05, 4.69) is 0 Å². The Bertz CT molecular complexity index is 1260. The van der Waals surface area contributed by atoms with Crippen LogP contribution in [0.3, 0.4) is 0 Å². The number of benzene rings is 2. The van der Waals surface area contributed by atoms with Crippen LogP contribution in [0.1, 0.15) is 45.7 Å². The SMILES string of the molecule is CC(C)=CCc1c2c(c3oc4c(O)c(O)ccc4c(=O)c3c1O)C(C)(C)[C@@H](C)O2. The molecule has 2 aromatic carbocycles. The van der Waals surface area contributed by atoms with Crippen LogP contribution in [-0.4, -0.2) is 21.4 Å². The molecule has 152 valence electrons. The number of phenols is 3. The molecule has 6 heteroatoms. The molecule has 3 aromatic rings. The number of phenolic OH excluding ortho intramolecular Hbond substituents is 3. The average Bonchev–Trinajstić information content (AvgIpc) is 2.87. The monoisotopic (exact) mass is 396 g/mol. The molecule has 1 aliphatic rings. The fourth-order valence-electron chi connectivity index (χ4n) is 3.88. The van der Waals surface area contributed by atoms with Gasteiger partial charge in [-0.15, -0.1) is 0 Å². The molecule has 29 heavy (non-hydrogen) atoms. The summed E-state index contributed by atoms with van der Waals surface area (Å²) in [7, 11) is 0. The zero-order valence-electron chi connectivity index (χ0n) is 17.1. The van der Waals surface area contributed by atoms with Crippen LogP contribution in [-0.2, 0) is 11.8 Å². The maximum atomic E-state index is 13.3. The first-order valence-corrected chi connectivity index (χ1v) is 9.55. The van der Waals surface area contributed by atoms with Crippen molar-refractivity contribution in [3.8, 4) is 23.0 Å². The first-order valence-electron chi connectivity index (χ1n) is 9.55. The predicted molar refractivity (Wildman–Crippen MR) is 111 cm³/mol. The van der Waals surface area contributed by atoms with Crippen molar-refractivity contribution in [3.63, 3.8) is 0 Å². The van der Waals surface area contributed by atoms with Gasteiger partial charge in [-0.3, -0.25) is 4.79 Å². The van der Waals surface area contributed by atoms with Crippen LogP contribution >= 0.6 is 0 Å². The second-order valence-corrected chi connectivity index (χ2v) is 8.44. The quantitative estimate of drug-likeness (QED) is 0.332. The summed E-state index contributed by atoms with van der Waals surface area (Å²) in [5.74, 6) is -0.561. The van der Waals surface area contributed by atoms with Crippen molar-refractivity contribution in [1.29, 1.82) is 0 Å². The van der Waals surface area contributed by atoms with E-state index < -0.39 is 16.6 Å². The maximum absolute atomic E-state index is 13.3. The van der Waals surface area contributed by atoms with Crippen LogP contribution in [0.15, 0.2) is 33.0 Å². The number of rotatable bonds is 2. The van der Waals surface area contributed by atoms with Crippen LogP contribution in [0.25, 0.3) is 21.9 Å². The van der Waals surface area contributed by atoms with Crippen molar-refractivity contribution < 1.29 is 24.5 Å². The predicted octanol–water partition coefficient (Wildman–Crippen LogP) is 4.63. The molecular weight excluding hydrogens is 372 g/mol. The molecule has 1 aromatic heterocycles. The van der Waals surface area contributed by atoms with Gasteiger partial charge in [0.2, 0.25) is 11.2 Å². The number of hydrogen-bond donors (Lipinski definition) is 3. The molecule has 0 saturated carbocycles. The molecule has 1 aliphatic heterocycles. The fourth-order valence-corrected chi connectivity index (χ4v) is 3.88. The van der Waals surface area contributed by atoms with Crippen LogP contribution < -0.4 is 10.2 Å². The molecule has 2 heterocycles. The van der Waals surface area contributed by atoms with Gasteiger partial charge in [0.15, 0.2) is 11.3 Å². The van der Waals surface area contributed by atoms with E-state index in [0.29, 0.717) is 23.3 Å². The lowest BCUT2D eigenvalue weighted by Gasteiger charge is -2.22. The van der Waals surface area contributed by atoms with Gasteiger partial charge in [-0.1, -0.05) is 25.5 Å². The van der Waals surface area contributed by atoms with Crippen LogP contribution in [0.5, 0.6) is 23.0 Å². The van der Waals surface area contributed by atoms with Crippen molar-refractivity contribution in [2.75, 3.05) is 0 Å². The summed E-state index contributed by atoms with van der Waals surface area (Å²) < 4.78 is 12.1. The summed E-state index contributed by atoms with van der Waals surface area (Å²) in [5, 5.41) is 31.3. The van der Waals surface area contributed by atoms with Gasteiger partial charge in [0.05, 0.1) is 5.39 Å². The highest BCUT2D eigenvalue weighted by atomic mass is 16.5. The summed E-state index contributed by atoms with van der Waals surface area (Å²) in [6.45, 7) is 9.82. The Balaban J connectivity index is 2.24. The molecular formula is C23H24O6. The van der Waals surface area contributed by atoms with E-state index in [1.165, 1.54) is 12.1 Å². The Morgan fingerprint density at radius 1 is 1.14 bits per heavy atom. The Labute approximate surface area is 167 Å². The summed E-state index contributed by atoms with van der Waals surface area (Å²) in [6.07, 6.45) is 2.16. The first-order chi connectivity index (χ1) is 13.6. The molecule has 0 fully saturated rings. The Morgan fingerprint density at radius 2 is 1.83 bits per heavy atom. The van der Waals surface area contributed by atoms with Crippen molar-refractivity contribution in [3.05, 3.63) is 45.1 Å². The lowest BCUT2D eigenvalue weighted by atomic mass is 9.79. The van der Waals surface area contributed by atoms with E-state index in [1.54, 1.807) is 0 Å². The standard InChI is InChI=1S/C23H24O6/c1-10(2)6-7-12-17(25)15-18(26)13-8-9-14(24)19(27)21(13)29-22(15)16-20(12)28-11(3)23(16,4)5/h6,8-9,11,24-25,27H,7H2,1-5H3/t11-/m1/s1. The molecule has 0 radical (unpaired) electrons. The van der Waals surface area contributed by atoms with Crippen LogP contribution in [0.2, 0.25) is 0 Å². The average molecular weight is 396 g/mol. The van der Waals surface area contributed by atoms with E-state index in [0.717, 1.165) is 5.57 Å². The smallest absolute Gasteiger partial charge is 0.204 e. The zero-order chi connectivity index (χ0) is 21.2. The van der Waals surface area contributed by atoms with E-state index in [4.69, 9.17) is 9.15 Å². The van der Waals surface area contributed by atoms with Gasteiger partial charge in [0.25, 0.3) is 0 Å². The maximum Gasteiger partial charge on any atom is 0.204 e. The second-order valence-electron chi connectivity index (χ2n) is 8.44. The Hall–Kier alpha value is -3.15. The van der Waals surface area contributed by atoms with Crippen LogP contribution in [0, 0.1) is 0 Å². The Morgan fingerprint density at radius 3 is 2.48 bits per heavy atom. The highest BCUT2D eigenvalue weighted by Crippen LogP contribution is 2.52. The van der Waals surface area contributed by atoms with Gasteiger partial charge in [0, 0.05) is 16.5 Å². The molecule has 4 rings (SSSR count). The van der Waals surface area contributed by atoms with Gasteiger partial charge in [-0.05, 0) is 39.3 Å². The van der Waals surface area contributed by atoms with Gasteiger partial charge >= 0.3 is 0 Å². The summed E-state index contributed by atoms with van der Waals surface area (Å²) >= 11 is 0. The van der Waals surface area contributed by atoms with Crippen molar-refractivity contribution >= 4 is 21.9 Å². The minimum Gasteiger partial charge on any atom is -0.507 e. The third-order valence-corrected chi connectivity index (χ3v) is 5.93.